The Morgan fingerprint density at radius 1 is 1.24 bits per heavy atom. The molecule has 6 nitrogen and oxygen atoms in total. The van der Waals surface area contributed by atoms with E-state index in [0.717, 1.165) is 48.5 Å². The molecular formula is C19H27N5O. The maximum absolute atomic E-state index is 5.63. The number of methoxy groups -OCH3 is 1. The van der Waals surface area contributed by atoms with Crippen molar-refractivity contribution < 1.29 is 4.74 Å². The van der Waals surface area contributed by atoms with Crippen LogP contribution >= 0.6 is 0 Å². The molecular weight excluding hydrogens is 314 g/mol. The van der Waals surface area contributed by atoms with Crippen molar-refractivity contribution in [3.05, 3.63) is 22.9 Å². The molecule has 0 bridgehead atoms. The maximum atomic E-state index is 5.63. The second-order valence-corrected chi connectivity index (χ2v) is 7.27. The van der Waals surface area contributed by atoms with Crippen molar-refractivity contribution in [3.8, 4) is 0 Å². The van der Waals surface area contributed by atoms with E-state index in [2.05, 4.69) is 35.6 Å². The van der Waals surface area contributed by atoms with E-state index in [0.29, 0.717) is 0 Å². The minimum Gasteiger partial charge on any atom is -0.387 e. The van der Waals surface area contributed by atoms with Gasteiger partial charge in [-0.15, -0.1) is 0 Å². The first kappa shape index (κ1) is 16.5. The highest BCUT2D eigenvalue weighted by molar-refractivity contribution is 5.94. The van der Waals surface area contributed by atoms with Gasteiger partial charge in [-0.25, -0.2) is 9.97 Å². The van der Waals surface area contributed by atoms with Crippen LogP contribution in [0.5, 0.6) is 0 Å². The Morgan fingerprint density at radius 3 is 2.84 bits per heavy atom. The topological polar surface area (TPSA) is 62.3 Å². The highest BCUT2D eigenvalue weighted by Gasteiger charge is 2.31. The first-order chi connectivity index (χ1) is 12.1. The van der Waals surface area contributed by atoms with E-state index >= 15 is 0 Å². The molecule has 0 aromatic carbocycles. The van der Waals surface area contributed by atoms with Crippen molar-refractivity contribution in [1.82, 2.24) is 14.9 Å². The largest absolute Gasteiger partial charge is 0.387 e. The summed E-state index contributed by atoms with van der Waals surface area (Å²) in [5.41, 5.74) is 5.91. The van der Waals surface area contributed by atoms with E-state index in [-0.39, 0.29) is 12.1 Å². The number of rotatable bonds is 4. The summed E-state index contributed by atoms with van der Waals surface area (Å²) in [6.07, 6.45) is 3.58. The molecule has 134 valence electrons. The zero-order valence-electron chi connectivity index (χ0n) is 15.5. The van der Waals surface area contributed by atoms with Crippen LogP contribution in [-0.2, 0) is 17.6 Å². The second-order valence-electron chi connectivity index (χ2n) is 7.27. The van der Waals surface area contributed by atoms with Crippen molar-refractivity contribution in [2.75, 3.05) is 44.9 Å². The van der Waals surface area contributed by atoms with Crippen molar-refractivity contribution in [3.63, 3.8) is 0 Å². The molecule has 2 aromatic rings. The van der Waals surface area contributed by atoms with Crippen LogP contribution in [0.4, 0.5) is 11.5 Å². The molecule has 1 aliphatic carbocycles. The Hall–Kier alpha value is -1.92. The third-order valence-corrected chi connectivity index (χ3v) is 5.61. The molecule has 1 saturated heterocycles. The number of aromatic nitrogens is 2. The number of anilines is 2. The van der Waals surface area contributed by atoms with E-state index in [9.17, 15) is 0 Å². The molecule has 0 radical (unpaired) electrons. The van der Waals surface area contributed by atoms with Gasteiger partial charge >= 0.3 is 0 Å². The van der Waals surface area contributed by atoms with Crippen LogP contribution in [0.1, 0.15) is 23.2 Å². The van der Waals surface area contributed by atoms with Gasteiger partial charge in [0.2, 0.25) is 0 Å². The number of likely N-dealkylation sites (tertiary alicyclic amines) is 1. The Labute approximate surface area is 149 Å². The van der Waals surface area contributed by atoms with Crippen molar-refractivity contribution >= 4 is 22.5 Å². The highest BCUT2D eigenvalue weighted by atomic mass is 16.5. The first-order valence-electron chi connectivity index (χ1n) is 9.09. The lowest BCUT2D eigenvalue weighted by atomic mass is 10.0. The Kier molecular flexibility index (Phi) is 4.25. The first-order valence-corrected chi connectivity index (χ1v) is 9.09. The van der Waals surface area contributed by atoms with E-state index < -0.39 is 0 Å². The van der Waals surface area contributed by atoms with Crippen molar-refractivity contribution in [1.29, 1.82) is 0 Å². The van der Waals surface area contributed by atoms with Crippen LogP contribution < -0.4 is 10.6 Å². The third-order valence-electron chi connectivity index (χ3n) is 5.61. The number of aryl methyl sites for hydroxylation is 2. The molecule has 0 saturated carbocycles. The van der Waals surface area contributed by atoms with Gasteiger partial charge in [0.1, 0.15) is 5.82 Å². The standard InChI is InChI=1S/C19H27N5O/c1-11-12-6-5-7-13(12)22-19-18(11)14(20-2)8-17(23-19)21-15-9-24(3)10-16(15)25-4/h8,15-16H,5-7,9-10H2,1-4H3,(H2,20,21,22,23)/t15-,16+/m0/s1. The number of fused-ring (bicyclic) bond motifs is 2. The predicted molar refractivity (Wildman–Crippen MR) is 102 cm³/mol. The lowest BCUT2D eigenvalue weighted by Gasteiger charge is -2.20. The summed E-state index contributed by atoms with van der Waals surface area (Å²) < 4.78 is 5.63. The zero-order valence-corrected chi connectivity index (χ0v) is 15.5. The number of pyridine rings is 2. The zero-order chi connectivity index (χ0) is 17.6. The monoisotopic (exact) mass is 341 g/mol. The highest BCUT2D eigenvalue weighted by Crippen LogP contribution is 2.34. The molecule has 1 fully saturated rings. The predicted octanol–water partition coefficient (Wildman–Crippen LogP) is 2.21. The summed E-state index contributed by atoms with van der Waals surface area (Å²) in [7, 11) is 5.86. The molecule has 2 aliphatic rings. The van der Waals surface area contributed by atoms with Gasteiger partial charge in [-0.1, -0.05) is 0 Å². The fourth-order valence-corrected chi connectivity index (χ4v) is 4.32. The fourth-order valence-electron chi connectivity index (χ4n) is 4.32. The molecule has 0 unspecified atom stereocenters. The smallest absolute Gasteiger partial charge is 0.164 e. The Balaban J connectivity index is 1.75. The minimum absolute atomic E-state index is 0.176. The van der Waals surface area contributed by atoms with Crippen LogP contribution in [0.15, 0.2) is 6.07 Å². The minimum atomic E-state index is 0.176. The quantitative estimate of drug-likeness (QED) is 0.889. The molecule has 4 rings (SSSR count). The lowest BCUT2D eigenvalue weighted by Crippen LogP contribution is -2.33. The maximum Gasteiger partial charge on any atom is 0.164 e. The van der Waals surface area contributed by atoms with Crippen molar-refractivity contribution in [2.24, 2.45) is 0 Å². The van der Waals surface area contributed by atoms with Crippen LogP contribution in [0.2, 0.25) is 0 Å². The molecule has 1 aliphatic heterocycles. The molecule has 3 heterocycles. The normalized spacial score (nSPS) is 23.2. The summed E-state index contributed by atoms with van der Waals surface area (Å²) in [4.78, 5) is 12.0. The summed E-state index contributed by atoms with van der Waals surface area (Å²) in [5.74, 6) is 0.865. The van der Waals surface area contributed by atoms with Gasteiger partial charge in [-0.05, 0) is 44.4 Å². The number of likely N-dealkylation sites (N-methyl/N-ethyl adjacent to an activating group) is 1. The van der Waals surface area contributed by atoms with Gasteiger partial charge in [-0.2, -0.15) is 0 Å². The average molecular weight is 341 g/mol. The molecule has 2 N–H and O–H groups in total. The van der Waals surface area contributed by atoms with E-state index in [4.69, 9.17) is 14.7 Å². The Morgan fingerprint density at radius 2 is 2.08 bits per heavy atom. The number of nitrogens with one attached hydrogen (secondary N) is 2. The average Bonchev–Trinajstić information content (AvgIpc) is 3.20. The second kappa shape index (κ2) is 6.42. The SMILES string of the molecule is CNc1cc(N[C@H]2CN(C)C[C@H]2OC)nc2nc3c(c(C)c12)CCC3. The van der Waals surface area contributed by atoms with E-state index in [1.807, 2.05) is 7.05 Å². The molecule has 2 atom stereocenters. The molecule has 6 heteroatoms. The molecule has 0 spiro atoms. The summed E-state index contributed by atoms with van der Waals surface area (Å²) >= 11 is 0. The summed E-state index contributed by atoms with van der Waals surface area (Å²) in [6, 6.07) is 2.34. The summed E-state index contributed by atoms with van der Waals surface area (Å²) in [6.45, 7) is 4.09. The number of hydrogen-bond acceptors (Lipinski definition) is 6. The van der Waals surface area contributed by atoms with Gasteiger partial charge in [0.05, 0.1) is 12.1 Å². The molecule has 0 amide bonds. The van der Waals surface area contributed by atoms with Gasteiger partial charge in [0, 0.05) is 50.1 Å². The summed E-state index contributed by atoms with van der Waals surface area (Å²) in [5, 5.41) is 8.06. The van der Waals surface area contributed by atoms with Gasteiger partial charge < -0.3 is 20.3 Å². The fraction of sp³-hybridized carbons (Fsp3) is 0.579. The van der Waals surface area contributed by atoms with E-state index in [1.165, 1.54) is 23.2 Å². The van der Waals surface area contributed by atoms with Gasteiger partial charge in [-0.3, -0.25) is 0 Å². The van der Waals surface area contributed by atoms with Crippen LogP contribution in [0.3, 0.4) is 0 Å². The lowest BCUT2D eigenvalue weighted by molar-refractivity contribution is 0.104. The van der Waals surface area contributed by atoms with Gasteiger partial charge in [0.25, 0.3) is 0 Å². The van der Waals surface area contributed by atoms with Crippen LogP contribution in [0, 0.1) is 6.92 Å². The number of hydrogen-bond donors (Lipinski definition) is 2. The van der Waals surface area contributed by atoms with Crippen LogP contribution in [-0.4, -0.2) is 61.3 Å². The Bertz CT molecular complexity index is 806. The third kappa shape index (κ3) is 2.83. The van der Waals surface area contributed by atoms with E-state index in [1.54, 1.807) is 7.11 Å². The number of ether oxygens (including phenoxy) is 1. The number of nitrogens with zero attached hydrogens (tertiary/aromatic N) is 3. The van der Waals surface area contributed by atoms with Crippen LogP contribution in [0.25, 0.3) is 11.0 Å². The molecule has 2 aromatic heterocycles. The molecule has 25 heavy (non-hydrogen) atoms. The van der Waals surface area contributed by atoms with Crippen molar-refractivity contribution in [2.45, 2.75) is 38.3 Å². The van der Waals surface area contributed by atoms with Gasteiger partial charge in [0.15, 0.2) is 5.65 Å².